The Morgan fingerprint density at radius 3 is 2.70 bits per heavy atom. The first kappa shape index (κ1) is 24.1. The van der Waals surface area contributed by atoms with Gasteiger partial charge in [0, 0.05) is 29.0 Å². The normalized spacial score (nSPS) is 19.4. The third-order valence-corrected chi connectivity index (χ3v) is 6.35. The summed E-state index contributed by atoms with van der Waals surface area (Å²) in [5.41, 5.74) is 2.27. The average molecular weight is 489 g/mol. The molecule has 4 rings (SSSR count). The summed E-state index contributed by atoms with van der Waals surface area (Å²) in [6, 6.07) is 13.7. The number of halogens is 2. The molecule has 3 unspecified atom stereocenters. The van der Waals surface area contributed by atoms with Crippen LogP contribution < -0.4 is 4.74 Å². The van der Waals surface area contributed by atoms with E-state index in [4.69, 9.17) is 37.4 Å². The van der Waals surface area contributed by atoms with E-state index in [9.17, 15) is 0 Å². The number of hydrogen-bond acceptors (Lipinski definition) is 4. The lowest BCUT2D eigenvalue weighted by Crippen LogP contribution is -2.37. The fourth-order valence-electron chi connectivity index (χ4n) is 4.07. The highest BCUT2D eigenvalue weighted by Gasteiger charge is 2.26. The molecule has 0 saturated carbocycles. The molecular formula is C26H30Cl2N2O3. The van der Waals surface area contributed by atoms with Crippen LogP contribution in [0.2, 0.25) is 10.0 Å². The molecule has 1 saturated heterocycles. The predicted molar refractivity (Wildman–Crippen MR) is 131 cm³/mol. The van der Waals surface area contributed by atoms with Crippen LogP contribution in [0.3, 0.4) is 0 Å². The van der Waals surface area contributed by atoms with Crippen molar-refractivity contribution in [1.29, 1.82) is 0 Å². The fraction of sp³-hybridized carbons (Fsp3) is 0.423. The average Bonchev–Trinajstić information content (AvgIpc) is 3.31. The number of ether oxygens (including phenoxy) is 3. The van der Waals surface area contributed by atoms with Crippen LogP contribution in [0.15, 0.2) is 61.2 Å². The van der Waals surface area contributed by atoms with Gasteiger partial charge in [-0.2, -0.15) is 0 Å². The molecule has 2 heterocycles. The van der Waals surface area contributed by atoms with Crippen molar-refractivity contribution >= 4 is 23.2 Å². The molecule has 1 fully saturated rings. The summed E-state index contributed by atoms with van der Waals surface area (Å²) in [5.74, 6) is 0.840. The Balaban J connectivity index is 1.32. The van der Waals surface area contributed by atoms with E-state index < -0.39 is 0 Å². The molecule has 0 spiro atoms. The molecule has 5 nitrogen and oxygen atoms in total. The van der Waals surface area contributed by atoms with Gasteiger partial charge < -0.3 is 18.8 Å². The number of benzene rings is 2. The Morgan fingerprint density at radius 2 is 1.94 bits per heavy atom. The summed E-state index contributed by atoms with van der Waals surface area (Å²) in [6.45, 7) is 3.23. The molecule has 2 aromatic carbocycles. The molecule has 7 heteroatoms. The van der Waals surface area contributed by atoms with E-state index in [1.54, 1.807) is 6.20 Å². The molecule has 0 amide bonds. The van der Waals surface area contributed by atoms with Crippen LogP contribution in [0.1, 0.15) is 36.8 Å². The van der Waals surface area contributed by atoms with Crippen molar-refractivity contribution in [2.24, 2.45) is 0 Å². The summed E-state index contributed by atoms with van der Waals surface area (Å²) in [7, 11) is 0. The van der Waals surface area contributed by atoms with Crippen molar-refractivity contribution in [2.45, 2.75) is 64.1 Å². The quantitative estimate of drug-likeness (QED) is 0.327. The van der Waals surface area contributed by atoms with Crippen LogP contribution in [0.25, 0.3) is 0 Å². The minimum atomic E-state index is -0.239. The second kappa shape index (κ2) is 11.9. The van der Waals surface area contributed by atoms with Gasteiger partial charge in [-0.15, -0.1) is 0 Å². The van der Waals surface area contributed by atoms with E-state index in [0.29, 0.717) is 11.6 Å². The Bertz CT molecular complexity index is 995. The van der Waals surface area contributed by atoms with Crippen LogP contribution in [-0.4, -0.2) is 34.7 Å². The van der Waals surface area contributed by atoms with Gasteiger partial charge in [-0.1, -0.05) is 35.3 Å². The minimum absolute atomic E-state index is 0.00369. The molecule has 3 atom stereocenters. The van der Waals surface area contributed by atoms with Crippen LogP contribution in [0.5, 0.6) is 5.75 Å². The Hall–Kier alpha value is -2.05. The fourth-order valence-corrected chi connectivity index (χ4v) is 4.42. The third kappa shape index (κ3) is 7.47. The number of rotatable bonds is 10. The number of nitrogens with zero attached hydrogens (tertiary/aromatic N) is 2. The number of hydrogen-bond donors (Lipinski definition) is 0. The molecule has 176 valence electrons. The van der Waals surface area contributed by atoms with Crippen molar-refractivity contribution in [3.8, 4) is 5.75 Å². The molecule has 33 heavy (non-hydrogen) atoms. The van der Waals surface area contributed by atoms with Gasteiger partial charge in [0.1, 0.15) is 12.4 Å². The van der Waals surface area contributed by atoms with Gasteiger partial charge in [0.2, 0.25) is 0 Å². The monoisotopic (exact) mass is 488 g/mol. The van der Waals surface area contributed by atoms with Gasteiger partial charge in [-0.3, -0.25) is 0 Å². The van der Waals surface area contributed by atoms with Gasteiger partial charge in [-0.25, -0.2) is 4.98 Å². The van der Waals surface area contributed by atoms with Crippen molar-refractivity contribution in [1.82, 2.24) is 9.55 Å². The van der Waals surface area contributed by atoms with Gasteiger partial charge in [0.25, 0.3) is 0 Å². The lowest BCUT2D eigenvalue weighted by Gasteiger charge is -2.33. The van der Waals surface area contributed by atoms with Crippen LogP contribution >= 0.6 is 23.2 Å². The summed E-state index contributed by atoms with van der Waals surface area (Å²) in [6.07, 6.45) is 10.0. The Labute approximate surface area is 205 Å². The molecular weight excluding hydrogens is 459 g/mol. The van der Waals surface area contributed by atoms with E-state index >= 15 is 0 Å². The first-order chi connectivity index (χ1) is 16.0. The molecule has 0 N–H and O–H groups in total. The highest BCUT2D eigenvalue weighted by Crippen LogP contribution is 2.26. The second-order valence-electron chi connectivity index (χ2n) is 8.52. The molecule has 0 radical (unpaired) electrons. The van der Waals surface area contributed by atoms with Crippen molar-refractivity contribution < 1.29 is 14.2 Å². The summed E-state index contributed by atoms with van der Waals surface area (Å²) in [4.78, 5) is 4.16. The maximum atomic E-state index is 6.46. The lowest BCUT2D eigenvalue weighted by atomic mass is 10.1. The van der Waals surface area contributed by atoms with E-state index in [2.05, 4.69) is 21.7 Å². The number of imidazole rings is 1. The highest BCUT2D eigenvalue weighted by molar-refractivity contribution is 6.30. The first-order valence-electron chi connectivity index (χ1n) is 11.5. The van der Waals surface area contributed by atoms with Crippen LogP contribution in [-0.2, 0) is 22.4 Å². The van der Waals surface area contributed by atoms with Crippen LogP contribution in [0, 0.1) is 6.92 Å². The molecule has 3 aromatic rings. The van der Waals surface area contributed by atoms with Gasteiger partial charge in [0.05, 0.1) is 18.5 Å². The second-order valence-corrected chi connectivity index (χ2v) is 9.39. The molecule has 1 aliphatic rings. The Kier molecular flexibility index (Phi) is 8.68. The van der Waals surface area contributed by atoms with Crippen LogP contribution in [0.4, 0.5) is 0 Å². The van der Waals surface area contributed by atoms with Crippen molar-refractivity contribution in [2.75, 3.05) is 6.61 Å². The van der Waals surface area contributed by atoms with E-state index in [1.807, 2.05) is 49.8 Å². The third-order valence-electron chi connectivity index (χ3n) is 5.86. The van der Waals surface area contributed by atoms with E-state index in [0.717, 1.165) is 55.0 Å². The largest absolute Gasteiger partial charge is 0.491 e. The standard InChI is InChI=1S/C26H30Cl2N2O3/c1-19-15-22(28)10-12-25(19)31-17-24-3-2-4-26(33-24)32-23(16-30-14-13-29-18-30)11-7-20-5-8-21(27)9-6-20/h5-6,8-10,12-15,18,23-24,26H,2-4,7,11,16-17H2,1H3. The molecule has 1 aliphatic heterocycles. The Morgan fingerprint density at radius 1 is 1.12 bits per heavy atom. The molecule has 0 aliphatic carbocycles. The maximum absolute atomic E-state index is 6.46. The van der Waals surface area contributed by atoms with Crippen molar-refractivity contribution in [3.05, 3.63) is 82.4 Å². The summed E-state index contributed by atoms with van der Waals surface area (Å²) < 4.78 is 20.8. The maximum Gasteiger partial charge on any atom is 0.158 e. The summed E-state index contributed by atoms with van der Waals surface area (Å²) in [5, 5.41) is 1.47. The number of aryl methyl sites for hydroxylation is 2. The first-order valence-corrected chi connectivity index (χ1v) is 12.2. The van der Waals surface area contributed by atoms with E-state index in [-0.39, 0.29) is 18.5 Å². The van der Waals surface area contributed by atoms with Gasteiger partial charge in [0.15, 0.2) is 6.29 Å². The van der Waals surface area contributed by atoms with Crippen molar-refractivity contribution in [3.63, 3.8) is 0 Å². The zero-order chi connectivity index (χ0) is 23.0. The lowest BCUT2D eigenvalue weighted by molar-refractivity contribution is -0.222. The zero-order valence-electron chi connectivity index (χ0n) is 18.8. The smallest absolute Gasteiger partial charge is 0.158 e. The van der Waals surface area contributed by atoms with Gasteiger partial charge in [-0.05, 0) is 80.5 Å². The predicted octanol–water partition coefficient (Wildman–Crippen LogP) is 6.49. The van der Waals surface area contributed by atoms with Gasteiger partial charge >= 0.3 is 0 Å². The zero-order valence-corrected chi connectivity index (χ0v) is 20.3. The highest BCUT2D eigenvalue weighted by atomic mass is 35.5. The summed E-state index contributed by atoms with van der Waals surface area (Å²) >= 11 is 12.1. The SMILES string of the molecule is Cc1cc(Cl)ccc1OCC1CCCC(OC(CCc2ccc(Cl)cc2)Cn2ccnc2)O1. The minimum Gasteiger partial charge on any atom is -0.491 e. The topological polar surface area (TPSA) is 45.5 Å². The molecule has 1 aromatic heterocycles. The van der Waals surface area contributed by atoms with E-state index in [1.165, 1.54) is 5.56 Å². The number of aromatic nitrogens is 2. The molecule has 0 bridgehead atoms.